The van der Waals surface area contributed by atoms with E-state index in [2.05, 4.69) is 5.32 Å². The molecule has 0 aliphatic rings. The quantitative estimate of drug-likeness (QED) is 0.829. The van der Waals surface area contributed by atoms with Crippen molar-refractivity contribution in [1.29, 1.82) is 0 Å². The van der Waals surface area contributed by atoms with Gasteiger partial charge in [-0.3, -0.25) is 0 Å². The highest BCUT2D eigenvalue weighted by Gasteiger charge is 2.23. The lowest BCUT2D eigenvalue weighted by molar-refractivity contribution is -0.123. The van der Waals surface area contributed by atoms with E-state index in [1.807, 2.05) is 7.05 Å². The van der Waals surface area contributed by atoms with E-state index in [1.54, 1.807) is 32.4 Å². The minimum Gasteiger partial charge on any atom is -0.354 e. The van der Waals surface area contributed by atoms with Crippen molar-refractivity contribution in [3.63, 3.8) is 0 Å². The molecular weight excluding hydrogens is 249 g/mol. The molecule has 0 amide bonds. The first-order chi connectivity index (χ1) is 7.63. The van der Waals surface area contributed by atoms with Gasteiger partial charge < -0.3 is 14.8 Å². The van der Waals surface area contributed by atoms with Crippen LogP contribution in [0.25, 0.3) is 0 Å². The average Bonchev–Trinajstić information content (AvgIpc) is 2.29. The number of hydrogen-bond donors (Lipinski definition) is 1. The Morgan fingerprint density at radius 3 is 2.31 bits per heavy atom. The fourth-order valence-corrected chi connectivity index (χ4v) is 1.98. The van der Waals surface area contributed by atoms with E-state index < -0.39 is 6.29 Å². The van der Waals surface area contributed by atoms with Gasteiger partial charge in [0.2, 0.25) is 0 Å². The van der Waals surface area contributed by atoms with Gasteiger partial charge in [-0.1, -0.05) is 23.2 Å². The third-order valence-corrected chi connectivity index (χ3v) is 2.92. The monoisotopic (exact) mass is 263 g/mol. The van der Waals surface area contributed by atoms with Crippen LogP contribution in [-0.4, -0.2) is 27.6 Å². The molecule has 0 aliphatic heterocycles. The van der Waals surface area contributed by atoms with Crippen molar-refractivity contribution in [2.24, 2.45) is 0 Å². The molecular formula is C11H15Cl2NO2. The van der Waals surface area contributed by atoms with Crippen LogP contribution in [0.4, 0.5) is 0 Å². The first-order valence-electron chi connectivity index (χ1n) is 4.81. The number of ether oxygens (including phenoxy) is 2. The van der Waals surface area contributed by atoms with Crippen molar-refractivity contribution in [3.05, 3.63) is 33.8 Å². The van der Waals surface area contributed by atoms with Crippen molar-refractivity contribution in [2.75, 3.05) is 21.3 Å². The van der Waals surface area contributed by atoms with E-state index in [-0.39, 0.29) is 6.04 Å². The summed E-state index contributed by atoms with van der Waals surface area (Å²) in [5.41, 5.74) is 0.852. The Morgan fingerprint density at radius 1 is 1.19 bits per heavy atom. The predicted molar refractivity (Wildman–Crippen MR) is 66.1 cm³/mol. The summed E-state index contributed by atoms with van der Waals surface area (Å²) < 4.78 is 10.4. The number of likely N-dealkylation sites (N-methyl/N-ethyl adjacent to an activating group) is 1. The van der Waals surface area contributed by atoms with E-state index in [0.717, 1.165) is 5.56 Å². The normalized spacial score (nSPS) is 13.1. The van der Waals surface area contributed by atoms with Crippen LogP contribution in [0, 0.1) is 0 Å². The Kier molecular flexibility index (Phi) is 5.52. The molecule has 0 saturated heterocycles. The van der Waals surface area contributed by atoms with Crippen molar-refractivity contribution in [1.82, 2.24) is 5.32 Å². The first-order valence-corrected chi connectivity index (χ1v) is 5.57. The number of nitrogens with one attached hydrogen (secondary N) is 1. The summed E-state index contributed by atoms with van der Waals surface area (Å²) in [6, 6.07) is 5.14. The molecule has 0 aliphatic carbocycles. The Morgan fingerprint density at radius 2 is 1.81 bits per heavy atom. The number of benzene rings is 1. The van der Waals surface area contributed by atoms with Crippen molar-refractivity contribution < 1.29 is 9.47 Å². The van der Waals surface area contributed by atoms with Crippen molar-refractivity contribution >= 4 is 23.2 Å². The van der Waals surface area contributed by atoms with Crippen LogP contribution in [-0.2, 0) is 9.47 Å². The number of rotatable bonds is 5. The molecule has 5 heteroatoms. The first kappa shape index (κ1) is 13.7. The summed E-state index contributed by atoms with van der Waals surface area (Å²) in [7, 11) is 4.97. The molecule has 1 unspecified atom stereocenters. The van der Waals surface area contributed by atoms with Gasteiger partial charge in [0.15, 0.2) is 6.29 Å². The summed E-state index contributed by atoms with van der Waals surface area (Å²) in [6.45, 7) is 0. The third kappa shape index (κ3) is 3.09. The maximum Gasteiger partial charge on any atom is 0.176 e. The Labute approximate surface area is 106 Å². The summed E-state index contributed by atoms with van der Waals surface area (Å²) in [5, 5.41) is 4.35. The Balaban J connectivity index is 3.06. The van der Waals surface area contributed by atoms with Crippen LogP contribution in [0.15, 0.2) is 18.2 Å². The minimum atomic E-state index is -0.416. The second-order valence-corrected chi connectivity index (χ2v) is 4.12. The molecule has 1 aromatic carbocycles. The van der Waals surface area contributed by atoms with Gasteiger partial charge in [-0.2, -0.15) is 0 Å². The molecule has 0 bridgehead atoms. The molecule has 0 radical (unpaired) electrons. The SMILES string of the molecule is CNC(c1cc(Cl)ccc1Cl)C(OC)OC. The maximum atomic E-state index is 6.12. The van der Waals surface area contributed by atoms with Gasteiger partial charge in [0, 0.05) is 24.3 Å². The molecule has 16 heavy (non-hydrogen) atoms. The van der Waals surface area contributed by atoms with Crippen LogP contribution in [0.2, 0.25) is 10.0 Å². The van der Waals surface area contributed by atoms with Crippen molar-refractivity contribution in [2.45, 2.75) is 12.3 Å². The predicted octanol–water partition coefficient (Wildman–Crippen LogP) is 2.87. The van der Waals surface area contributed by atoms with Crippen LogP contribution in [0.5, 0.6) is 0 Å². The summed E-state index contributed by atoms with van der Waals surface area (Å²) >= 11 is 12.1. The van der Waals surface area contributed by atoms with Gasteiger partial charge in [0.05, 0.1) is 6.04 Å². The van der Waals surface area contributed by atoms with Gasteiger partial charge in [-0.05, 0) is 30.8 Å². The van der Waals surface area contributed by atoms with Crippen LogP contribution in [0.1, 0.15) is 11.6 Å². The highest BCUT2D eigenvalue weighted by Crippen LogP contribution is 2.29. The zero-order valence-electron chi connectivity index (χ0n) is 9.46. The molecule has 3 nitrogen and oxygen atoms in total. The molecule has 0 heterocycles. The van der Waals surface area contributed by atoms with Crippen LogP contribution >= 0.6 is 23.2 Å². The fraction of sp³-hybridized carbons (Fsp3) is 0.455. The molecule has 1 N–H and O–H groups in total. The van der Waals surface area contributed by atoms with Crippen molar-refractivity contribution in [3.8, 4) is 0 Å². The van der Waals surface area contributed by atoms with Gasteiger partial charge in [-0.25, -0.2) is 0 Å². The smallest absolute Gasteiger partial charge is 0.176 e. The highest BCUT2D eigenvalue weighted by molar-refractivity contribution is 6.33. The number of methoxy groups -OCH3 is 2. The average molecular weight is 264 g/mol. The van der Waals surface area contributed by atoms with E-state index in [1.165, 1.54) is 0 Å². The van der Waals surface area contributed by atoms with Crippen LogP contribution in [0.3, 0.4) is 0 Å². The molecule has 0 aromatic heterocycles. The second kappa shape index (κ2) is 6.42. The molecule has 0 fully saturated rings. The third-order valence-electron chi connectivity index (χ3n) is 2.34. The maximum absolute atomic E-state index is 6.12. The fourth-order valence-electron chi connectivity index (χ4n) is 1.56. The second-order valence-electron chi connectivity index (χ2n) is 3.27. The topological polar surface area (TPSA) is 30.5 Å². The molecule has 0 saturated carbocycles. The van der Waals surface area contributed by atoms with Crippen LogP contribution < -0.4 is 5.32 Å². The lowest BCUT2D eigenvalue weighted by Crippen LogP contribution is -2.32. The standard InChI is InChI=1S/C11H15Cl2NO2/c1-14-10(11(15-2)16-3)8-6-7(12)4-5-9(8)13/h4-6,10-11,14H,1-3H3. The van der Waals surface area contributed by atoms with Gasteiger partial charge in [0.1, 0.15) is 0 Å². The molecule has 90 valence electrons. The molecule has 1 atom stereocenters. The highest BCUT2D eigenvalue weighted by atomic mass is 35.5. The van der Waals surface area contributed by atoms with E-state index >= 15 is 0 Å². The number of halogens is 2. The largest absolute Gasteiger partial charge is 0.354 e. The minimum absolute atomic E-state index is 0.166. The lowest BCUT2D eigenvalue weighted by atomic mass is 10.1. The Bertz CT molecular complexity index is 343. The lowest BCUT2D eigenvalue weighted by Gasteiger charge is -2.25. The summed E-state index contributed by atoms with van der Waals surface area (Å²) in [6.07, 6.45) is -0.416. The van der Waals surface area contributed by atoms with Gasteiger partial charge in [-0.15, -0.1) is 0 Å². The van der Waals surface area contributed by atoms with Gasteiger partial charge >= 0.3 is 0 Å². The zero-order chi connectivity index (χ0) is 12.1. The van der Waals surface area contributed by atoms with E-state index in [4.69, 9.17) is 32.7 Å². The Hall–Kier alpha value is -0.320. The summed E-state index contributed by atoms with van der Waals surface area (Å²) in [5.74, 6) is 0. The van der Waals surface area contributed by atoms with E-state index in [9.17, 15) is 0 Å². The van der Waals surface area contributed by atoms with Gasteiger partial charge in [0.25, 0.3) is 0 Å². The van der Waals surface area contributed by atoms with E-state index in [0.29, 0.717) is 10.0 Å². The molecule has 1 rings (SSSR count). The summed E-state index contributed by atoms with van der Waals surface area (Å²) in [4.78, 5) is 0. The number of hydrogen-bond acceptors (Lipinski definition) is 3. The molecule has 1 aromatic rings. The molecule has 0 spiro atoms. The zero-order valence-corrected chi connectivity index (χ0v) is 11.0.